The zero-order chi connectivity index (χ0) is 21.5. The van der Waals surface area contributed by atoms with E-state index in [1.54, 1.807) is 7.11 Å². The minimum atomic E-state index is -0.0597. The van der Waals surface area contributed by atoms with Gasteiger partial charge < -0.3 is 14.8 Å². The number of aryl methyl sites for hydroxylation is 2. The standard InChI is InChI=1S/C23H30N4O3/c1-16-20(17(2)27(26-16)14-6-13-24)10-12-23(28)25-18-9-11-21(29-3)22(15-18)30-19-7-4-5-8-19/h9,11,15,19H,4-8,10,12,14H2,1-3H3,(H,25,28). The molecule has 160 valence electrons. The molecular weight excluding hydrogens is 380 g/mol. The van der Waals surface area contributed by atoms with E-state index < -0.39 is 0 Å². The van der Waals surface area contributed by atoms with Crippen LogP contribution in [-0.4, -0.2) is 28.9 Å². The Balaban J connectivity index is 1.61. The van der Waals surface area contributed by atoms with Crippen molar-refractivity contribution >= 4 is 11.6 Å². The molecule has 0 spiro atoms. The third-order valence-electron chi connectivity index (χ3n) is 5.61. The molecule has 0 unspecified atom stereocenters. The van der Waals surface area contributed by atoms with Gasteiger partial charge in [-0.05, 0) is 63.6 Å². The van der Waals surface area contributed by atoms with Gasteiger partial charge >= 0.3 is 0 Å². The number of ether oxygens (including phenoxy) is 2. The van der Waals surface area contributed by atoms with Gasteiger partial charge in [-0.2, -0.15) is 10.4 Å². The van der Waals surface area contributed by atoms with Crippen LogP contribution >= 0.6 is 0 Å². The lowest BCUT2D eigenvalue weighted by molar-refractivity contribution is -0.116. The molecule has 0 atom stereocenters. The van der Waals surface area contributed by atoms with Crippen LogP contribution in [0.25, 0.3) is 0 Å². The second-order valence-electron chi connectivity index (χ2n) is 7.72. The van der Waals surface area contributed by atoms with Crippen LogP contribution in [0.3, 0.4) is 0 Å². The lowest BCUT2D eigenvalue weighted by Gasteiger charge is -2.17. The number of benzene rings is 1. The first-order valence-corrected chi connectivity index (χ1v) is 10.6. The van der Waals surface area contributed by atoms with Gasteiger partial charge in [0.1, 0.15) is 0 Å². The second kappa shape index (κ2) is 10.1. The number of hydrogen-bond donors (Lipinski definition) is 1. The Morgan fingerprint density at radius 2 is 2.07 bits per heavy atom. The number of hydrogen-bond acceptors (Lipinski definition) is 5. The third-order valence-corrected chi connectivity index (χ3v) is 5.61. The fraction of sp³-hybridized carbons (Fsp3) is 0.522. The molecule has 0 radical (unpaired) electrons. The Morgan fingerprint density at radius 1 is 1.30 bits per heavy atom. The summed E-state index contributed by atoms with van der Waals surface area (Å²) in [6.45, 7) is 4.50. The Hall–Kier alpha value is -3.01. The van der Waals surface area contributed by atoms with E-state index in [0.717, 1.165) is 29.8 Å². The van der Waals surface area contributed by atoms with E-state index in [0.29, 0.717) is 43.0 Å². The lowest BCUT2D eigenvalue weighted by Crippen LogP contribution is -2.14. The molecule has 1 aromatic carbocycles. The highest BCUT2D eigenvalue weighted by Crippen LogP contribution is 2.34. The van der Waals surface area contributed by atoms with Crippen molar-refractivity contribution in [1.29, 1.82) is 5.26 Å². The molecule has 2 aromatic rings. The van der Waals surface area contributed by atoms with Crippen molar-refractivity contribution in [3.05, 3.63) is 35.2 Å². The van der Waals surface area contributed by atoms with Crippen LogP contribution in [0.4, 0.5) is 5.69 Å². The molecule has 0 saturated heterocycles. The monoisotopic (exact) mass is 410 g/mol. The summed E-state index contributed by atoms with van der Waals surface area (Å²) in [5, 5.41) is 16.2. The van der Waals surface area contributed by atoms with E-state index >= 15 is 0 Å². The van der Waals surface area contributed by atoms with Gasteiger partial charge in [-0.25, -0.2) is 0 Å². The van der Waals surface area contributed by atoms with Crippen molar-refractivity contribution < 1.29 is 14.3 Å². The maximum atomic E-state index is 12.5. The topological polar surface area (TPSA) is 89.2 Å². The number of nitrogens with zero attached hydrogens (tertiary/aromatic N) is 3. The van der Waals surface area contributed by atoms with Crippen molar-refractivity contribution in [3.8, 4) is 17.6 Å². The molecule has 7 nitrogen and oxygen atoms in total. The third kappa shape index (κ3) is 5.32. The van der Waals surface area contributed by atoms with Gasteiger partial charge in [0.2, 0.25) is 5.91 Å². The molecule has 1 aliphatic carbocycles. The van der Waals surface area contributed by atoms with Gasteiger partial charge in [-0.3, -0.25) is 9.48 Å². The zero-order valence-electron chi connectivity index (χ0n) is 18.0. The number of anilines is 1. The molecule has 7 heteroatoms. The van der Waals surface area contributed by atoms with E-state index in [9.17, 15) is 4.79 Å². The average molecular weight is 411 g/mol. The normalized spacial score (nSPS) is 13.8. The molecular formula is C23H30N4O3. The summed E-state index contributed by atoms with van der Waals surface area (Å²) in [7, 11) is 1.62. The van der Waals surface area contributed by atoms with Crippen LogP contribution in [0.5, 0.6) is 11.5 Å². The number of carbonyl (C=O) groups excluding carboxylic acids is 1. The highest BCUT2D eigenvalue weighted by Gasteiger charge is 2.19. The van der Waals surface area contributed by atoms with Crippen LogP contribution < -0.4 is 14.8 Å². The molecule has 1 fully saturated rings. The van der Waals surface area contributed by atoms with Gasteiger partial charge in [0.25, 0.3) is 0 Å². The van der Waals surface area contributed by atoms with Gasteiger partial charge in [0.15, 0.2) is 11.5 Å². The minimum absolute atomic E-state index is 0.0597. The average Bonchev–Trinajstić information content (AvgIpc) is 3.33. The highest BCUT2D eigenvalue weighted by atomic mass is 16.5. The molecule has 1 N–H and O–H groups in total. The molecule has 1 aromatic heterocycles. The molecule has 1 heterocycles. The van der Waals surface area contributed by atoms with Crippen molar-refractivity contribution in [2.24, 2.45) is 0 Å². The van der Waals surface area contributed by atoms with Gasteiger partial charge in [-0.15, -0.1) is 0 Å². The fourth-order valence-electron chi connectivity index (χ4n) is 3.96. The Kier molecular flexibility index (Phi) is 7.34. The largest absolute Gasteiger partial charge is 0.493 e. The SMILES string of the molecule is COc1ccc(NC(=O)CCc2c(C)nn(CCC#N)c2C)cc1OC1CCCC1. The fourth-order valence-corrected chi connectivity index (χ4v) is 3.96. The maximum absolute atomic E-state index is 12.5. The summed E-state index contributed by atoms with van der Waals surface area (Å²) in [5.74, 6) is 1.29. The molecule has 1 aliphatic rings. The maximum Gasteiger partial charge on any atom is 0.224 e. The number of methoxy groups -OCH3 is 1. The summed E-state index contributed by atoms with van der Waals surface area (Å²) in [4.78, 5) is 12.5. The van der Waals surface area contributed by atoms with Crippen molar-refractivity contribution in [1.82, 2.24) is 9.78 Å². The number of rotatable bonds is 9. The quantitative estimate of drug-likeness (QED) is 0.665. The minimum Gasteiger partial charge on any atom is -0.493 e. The molecule has 30 heavy (non-hydrogen) atoms. The van der Waals surface area contributed by atoms with Crippen LogP contribution in [-0.2, 0) is 17.8 Å². The predicted octanol–water partition coefficient (Wildman–Crippen LogP) is 4.31. The molecule has 1 amide bonds. The van der Waals surface area contributed by atoms with E-state index in [-0.39, 0.29) is 12.0 Å². The van der Waals surface area contributed by atoms with Crippen molar-refractivity contribution in [3.63, 3.8) is 0 Å². The first-order valence-electron chi connectivity index (χ1n) is 10.6. The molecule has 0 bridgehead atoms. The molecule has 3 rings (SSSR count). The molecule has 0 aliphatic heterocycles. The summed E-state index contributed by atoms with van der Waals surface area (Å²) < 4.78 is 13.4. The summed E-state index contributed by atoms with van der Waals surface area (Å²) in [6, 6.07) is 7.63. The van der Waals surface area contributed by atoms with Gasteiger partial charge in [-0.1, -0.05) is 0 Å². The lowest BCUT2D eigenvalue weighted by atomic mass is 10.1. The Labute approximate surface area is 178 Å². The summed E-state index contributed by atoms with van der Waals surface area (Å²) >= 11 is 0. The number of aromatic nitrogens is 2. The van der Waals surface area contributed by atoms with Crippen LogP contribution in [0.2, 0.25) is 0 Å². The van der Waals surface area contributed by atoms with Crippen molar-refractivity contribution in [2.75, 3.05) is 12.4 Å². The van der Waals surface area contributed by atoms with Crippen LogP contribution in [0.15, 0.2) is 18.2 Å². The van der Waals surface area contributed by atoms with E-state index in [1.807, 2.05) is 36.7 Å². The molecule has 1 saturated carbocycles. The summed E-state index contributed by atoms with van der Waals surface area (Å²) in [6.07, 6.45) is 6.10. The number of nitriles is 1. The Bertz CT molecular complexity index is 923. The first-order chi connectivity index (χ1) is 14.5. The Morgan fingerprint density at radius 3 is 2.77 bits per heavy atom. The van der Waals surface area contributed by atoms with E-state index in [4.69, 9.17) is 14.7 Å². The smallest absolute Gasteiger partial charge is 0.224 e. The number of carbonyl (C=O) groups is 1. The second-order valence-corrected chi connectivity index (χ2v) is 7.72. The van der Waals surface area contributed by atoms with Gasteiger partial charge in [0.05, 0.1) is 37.9 Å². The van der Waals surface area contributed by atoms with E-state index in [1.165, 1.54) is 12.8 Å². The van der Waals surface area contributed by atoms with Crippen LogP contribution in [0.1, 0.15) is 55.5 Å². The number of nitrogens with one attached hydrogen (secondary N) is 1. The highest BCUT2D eigenvalue weighted by molar-refractivity contribution is 5.91. The predicted molar refractivity (Wildman–Crippen MR) is 115 cm³/mol. The number of amides is 1. The summed E-state index contributed by atoms with van der Waals surface area (Å²) in [5.41, 5.74) is 3.71. The van der Waals surface area contributed by atoms with Crippen molar-refractivity contribution in [2.45, 2.75) is 71.4 Å². The zero-order valence-corrected chi connectivity index (χ0v) is 18.0. The van der Waals surface area contributed by atoms with Gasteiger partial charge in [0, 0.05) is 23.9 Å². The van der Waals surface area contributed by atoms with Crippen LogP contribution in [0, 0.1) is 25.2 Å². The first kappa shape index (κ1) is 21.7. The van der Waals surface area contributed by atoms with E-state index in [2.05, 4.69) is 16.5 Å².